The van der Waals surface area contributed by atoms with Gasteiger partial charge in [-0.25, -0.2) is 0 Å². The normalized spacial score (nSPS) is 13.0. The zero-order chi connectivity index (χ0) is 16.9. The van der Waals surface area contributed by atoms with Crippen LogP contribution in [0.4, 0.5) is 5.69 Å². The highest BCUT2D eigenvalue weighted by Crippen LogP contribution is 2.30. The van der Waals surface area contributed by atoms with Gasteiger partial charge in [0, 0.05) is 12.2 Å². The number of benzene rings is 2. The Balaban J connectivity index is 1.54. The minimum Gasteiger partial charge on any atom is -0.486 e. The average molecular weight is 326 g/mol. The number of amides is 1. The number of anilines is 1. The molecule has 3 rings (SSSR count). The standard InChI is InChI=1S/C19H22N2O3/c1-14-3-6-16(7-4-14)20-19(22)13-21(2)12-15-5-8-17-18(11-15)24-10-9-23-17/h3-8,11H,9-10,12-13H2,1-2H3,(H,20,22). The molecule has 2 aromatic rings. The third-order valence-electron chi connectivity index (χ3n) is 3.81. The van der Waals surface area contributed by atoms with Crippen molar-refractivity contribution in [3.63, 3.8) is 0 Å². The van der Waals surface area contributed by atoms with Crippen LogP contribution in [0.5, 0.6) is 11.5 Å². The van der Waals surface area contributed by atoms with Crippen LogP contribution < -0.4 is 14.8 Å². The molecule has 0 radical (unpaired) electrons. The molecule has 0 atom stereocenters. The van der Waals surface area contributed by atoms with Gasteiger partial charge in [0.15, 0.2) is 11.5 Å². The lowest BCUT2D eigenvalue weighted by atomic mass is 10.2. The summed E-state index contributed by atoms with van der Waals surface area (Å²) in [7, 11) is 1.92. The largest absolute Gasteiger partial charge is 0.486 e. The van der Waals surface area contributed by atoms with Crippen LogP contribution in [-0.4, -0.2) is 37.6 Å². The number of rotatable bonds is 5. The van der Waals surface area contributed by atoms with Gasteiger partial charge in [-0.3, -0.25) is 9.69 Å². The number of hydrogen-bond donors (Lipinski definition) is 1. The lowest BCUT2D eigenvalue weighted by Crippen LogP contribution is -2.29. The van der Waals surface area contributed by atoms with Crippen molar-refractivity contribution in [2.75, 3.05) is 32.1 Å². The summed E-state index contributed by atoms with van der Waals surface area (Å²) in [6.45, 7) is 4.17. The molecule has 0 saturated carbocycles. The summed E-state index contributed by atoms with van der Waals surface area (Å²) in [6, 6.07) is 13.7. The number of carbonyl (C=O) groups excluding carboxylic acids is 1. The summed E-state index contributed by atoms with van der Waals surface area (Å²) in [5.74, 6) is 1.53. The number of hydrogen-bond acceptors (Lipinski definition) is 4. The summed E-state index contributed by atoms with van der Waals surface area (Å²) in [5, 5.41) is 2.91. The first-order chi connectivity index (χ1) is 11.6. The molecule has 5 heteroatoms. The first-order valence-electron chi connectivity index (χ1n) is 8.04. The SMILES string of the molecule is Cc1ccc(NC(=O)CN(C)Cc2ccc3c(c2)OCCO3)cc1. The summed E-state index contributed by atoms with van der Waals surface area (Å²) in [5.41, 5.74) is 3.08. The molecular formula is C19H22N2O3. The Hall–Kier alpha value is -2.53. The molecule has 0 bridgehead atoms. The molecular weight excluding hydrogens is 304 g/mol. The Morgan fingerprint density at radius 2 is 1.79 bits per heavy atom. The fourth-order valence-corrected chi connectivity index (χ4v) is 2.64. The van der Waals surface area contributed by atoms with Gasteiger partial charge in [-0.05, 0) is 43.8 Å². The zero-order valence-electron chi connectivity index (χ0n) is 14.0. The van der Waals surface area contributed by atoms with Gasteiger partial charge in [-0.15, -0.1) is 0 Å². The van der Waals surface area contributed by atoms with Crippen LogP contribution in [0.1, 0.15) is 11.1 Å². The van der Waals surface area contributed by atoms with E-state index in [1.54, 1.807) is 0 Å². The minimum atomic E-state index is -0.0288. The van der Waals surface area contributed by atoms with Gasteiger partial charge in [0.05, 0.1) is 6.54 Å². The summed E-state index contributed by atoms with van der Waals surface area (Å²) in [4.78, 5) is 14.1. The third-order valence-corrected chi connectivity index (χ3v) is 3.81. The number of nitrogens with one attached hydrogen (secondary N) is 1. The van der Waals surface area contributed by atoms with Gasteiger partial charge in [0.25, 0.3) is 0 Å². The van der Waals surface area contributed by atoms with Crippen molar-refractivity contribution in [3.05, 3.63) is 53.6 Å². The number of nitrogens with zero attached hydrogens (tertiary/aromatic N) is 1. The van der Waals surface area contributed by atoms with Gasteiger partial charge >= 0.3 is 0 Å². The molecule has 1 N–H and O–H groups in total. The molecule has 0 saturated heterocycles. The summed E-state index contributed by atoms with van der Waals surface area (Å²) < 4.78 is 11.1. The molecule has 24 heavy (non-hydrogen) atoms. The molecule has 2 aromatic carbocycles. The van der Waals surface area contributed by atoms with Gasteiger partial charge in [0.2, 0.25) is 5.91 Å². The Bertz CT molecular complexity index is 713. The van der Waals surface area contributed by atoms with E-state index in [1.165, 1.54) is 5.56 Å². The molecule has 0 aromatic heterocycles. The first kappa shape index (κ1) is 16.3. The van der Waals surface area contributed by atoms with E-state index in [0.717, 1.165) is 22.7 Å². The van der Waals surface area contributed by atoms with E-state index in [0.29, 0.717) is 26.3 Å². The van der Waals surface area contributed by atoms with Gasteiger partial charge in [0.1, 0.15) is 13.2 Å². The number of likely N-dealkylation sites (N-methyl/N-ethyl adjacent to an activating group) is 1. The number of carbonyl (C=O) groups is 1. The van der Waals surface area contributed by atoms with Crippen molar-refractivity contribution in [2.45, 2.75) is 13.5 Å². The van der Waals surface area contributed by atoms with Crippen LogP contribution in [-0.2, 0) is 11.3 Å². The van der Waals surface area contributed by atoms with Gasteiger partial charge in [-0.2, -0.15) is 0 Å². The first-order valence-corrected chi connectivity index (χ1v) is 8.04. The molecule has 1 aliphatic heterocycles. The van der Waals surface area contributed by atoms with Crippen molar-refractivity contribution in [3.8, 4) is 11.5 Å². The lowest BCUT2D eigenvalue weighted by Gasteiger charge is -2.21. The molecule has 1 heterocycles. The quantitative estimate of drug-likeness (QED) is 0.918. The topological polar surface area (TPSA) is 50.8 Å². The highest BCUT2D eigenvalue weighted by Gasteiger charge is 2.13. The van der Waals surface area contributed by atoms with E-state index in [2.05, 4.69) is 5.32 Å². The Labute approximate surface area is 142 Å². The van der Waals surface area contributed by atoms with Crippen LogP contribution in [0, 0.1) is 6.92 Å². The van der Waals surface area contributed by atoms with E-state index < -0.39 is 0 Å². The maximum Gasteiger partial charge on any atom is 0.238 e. The monoisotopic (exact) mass is 326 g/mol. The third kappa shape index (κ3) is 4.26. The van der Waals surface area contributed by atoms with Crippen LogP contribution in [0.25, 0.3) is 0 Å². The van der Waals surface area contributed by atoms with Crippen LogP contribution in [0.15, 0.2) is 42.5 Å². The number of fused-ring (bicyclic) bond motifs is 1. The summed E-state index contributed by atoms with van der Waals surface area (Å²) in [6.07, 6.45) is 0. The average Bonchev–Trinajstić information content (AvgIpc) is 2.56. The van der Waals surface area contributed by atoms with Crippen molar-refractivity contribution in [1.82, 2.24) is 4.90 Å². The van der Waals surface area contributed by atoms with Gasteiger partial charge < -0.3 is 14.8 Å². The van der Waals surface area contributed by atoms with Gasteiger partial charge in [-0.1, -0.05) is 23.8 Å². The number of ether oxygens (including phenoxy) is 2. The molecule has 0 unspecified atom stereocenters. The van der Waals surface area contributed by atoms with Crippen molar-refractivity contribution < 1.29 is 14.3 Å². The smallest absolute Gasteiger partial charge is 0.238 e. The minimum absolute atomic E-state index is 0.0288. The Morgan fingerprint density at radius 1 is 1.08 bits per heavy atom. The van der Waals surface area contributed by atoms with E-state index in [9.17, 15) is 4.79 Å². The zero-order valence-corrected chi connectivity index (χ0v) is 14.0. The van der Waals surface area contributed by atoms with E-state index >= 15 is 0 Å². The Morgan fingerprint density at radius 3 is 2.54 bits per heavy atom. The molecule has 0 aliphatic carbocycles. The summed E-state index contributed by atoms with van der Waals surface area (Å²) >= 11 is 0. The predicted molar refractivity (Wildman–Crippen MR) is 93.6 cm³/mol. The molecule has 0 fully saturated rings. The molecule has 5 nitrogen and oxygen atoms in total. The fourth-order valence-electron chi connectivity index (χ4n) is 2.64. The second-order valence-electron chi connectivity index (χ2n) is 6.06. The van der Waals surface area contributed by atoms with Crippen LogP contribution in [0.2, 0.25) is 0 Å². The molecule has 0 spiro atoms. The molecule has 126 valence electrons. The van der Waals surface area contributed by atoms with Crippen molar-refractivity contribution >= 4 is 11.6 Å². The second kappa shape index (κ2) is 7.36. The highest BCUT2D eigenvalue weighted by atomic mass is 16.6. The van der Waals surface area contributed by atoms with E-state index in [4.69, 9.17) is 9.47 Å². The second-order valence-corrected chi connectivity index (χ2v) is 6.06. The number of aryl methyl sites for hydroxylation is 1. The van der Waals surface area contributed by atoms with Crippen LogP contribution >= 0.6 is 0 Å². The van der Waals surface area contributed by atoms with E-state index in [1.807, 2.05) is 61.3 Å². The van der Waals surface area contributed by atoms with Crippen molar-refractivity contribution in [2.24, 2.45) is 0 Å². The van der Waals surface area contributed by atoms with Crippen LogP contribution in [0.3, 0.4) is 0 Å². The van der Waals surface area contributed by atoms with E-state index in [-0.39, 0.29) is 5.91 Å². The maximum atomic E-state index is 12.1. The Kier molecular flexibility index (Phi) is 5.01. The maximum absolute atomic E-state index is 12.1. The molecule has 1 aliphatic rings. The molecule has 1 amide bonds. The fraction of sp³-hybridized carbons (Fsp3) is 0.316. The predicted octanol–water partition coefficient (Wildman–Crippen LogP) is 2.84. The highest BCUT2D eigenvalue weighted by molar-refractivity contribution is 5.92. The van der Waals surface area contributed by atoms with Crippen molar-refractivity contribution in [1.29, 1.82) is 0 Å². The lowest BCUT2D eigenvalue weighted by molar-refractivity contribution is -0.117.